The highest BCUT2D eigenvalue weighted by Gasteiger charge is 2.24. The Morgan fingerprint density at radius 3 is 2.57 bits per heavy atom. The minimum atomic E-state index is 0. The Morgan fingerprint density at radius 1 is 1.26 bits per heavy atom. The van der Waals surface area contributed by atoms with Crippen molar-refractivity contribution in [2.75, 3.05) is 13.1 Å². The average Bonchev–Trinajstić information content (AvgIpc) is 2.89. The van der Waals surface area contributed by atoms with E-state index in [1.54, 1.807) is 6.20 Å². The van der Waals surface area contributed by atoms with Gasteiger partial charge in [0.05, 0.1) is 18.3 Å². The predicted molar refractivity (Wildman–Crippen MR) is 92.9 cm³/mol. The van der Waals surface area contributed by atoms with Gasteiger partial charge in [-0.25, -0.2) is 0 Å². The Morgan fingerprint density at radius 2 is 1.91 bits per heavy atom. The second kappa shape index (κ2) is 7.62. The van der Waals surface area contributed by atoms with Gasteiger partial charge < -0.3 is 10.6 Å². The summed E-state index contributed by atoms with van der Waals surface area (Å²) in [5.41, 5.74) is 8.70. The molecule has 1 saturated heterocycles. The van der Waals surface area contributed by atoms with E-state index in [9.17, 15) is 4.79 Å². The molecule has 0 unspecified atom stereocenters. The average molecular weight is 335 g/mol. The van der Waals surface area contributed by atoms with E-state index in [0.29, 0.717) is 12.1 Å². The highest BCUT2D eigenvalue weighted by molar-refractivity contribution is 5.95. The number of benzene rings is 1. The van der Waals surface area contributed by atoms with E-state index in [4.69, 9.17) is 5.73 Å². The van der Waals surface area contributed by atoms with Crippen molar-refractivity contribution >= 4 is 18.3 Å². The van der Waals surface area contributed by atoms with Crippen LogP contribution in [0.25, 0.3) is 0 Å². The molecule has 124 valence electrons. The third-order valence-corrected chi connectivity index (χ3v) is 4.34. The van der Waals surface area contributed by atoms with Gasteiger partial charge in [0.1, 0.15) is 0 Å². The van der Waals surface area contributed by atoms with Crippen LogP contribution in [0.2, 0.25) is 0 Å². The number of piperidine rings is 1. The van der Waals surface area contributed by atoms with Gasteiger partial charge in [0.2, 0.25) is 0 Å². The highest BCUT2D eigenvalue weighted by atomic mass is 35.5. The van der Waals surface area contributed by atoms with Crippen LogP contribution in [0.1, 0.15) is 34.5 Å². The summed E-state index contributed by atoms with van der Waals surface area (Å²) in [5, 5.41) is 4.39. The number of nitrogens with zero attached hydrogens (tertiary/aromatic N) is 3. The summed E-state index contributed by atoms with van der Waals surface area (Å²) in [6.07, 6.45) is 3.45. The zero-order valence-corrected chi connectivity index (χ0v) is 14.1. The smallest absolute Gasteiger partial charge is 0.257 e. The SMILES string of the molecule is Cc1c(C(=O)N2CCC(N)CC2)cnn1Cc1ccccc1.Cl. The zero-order valence-electron chi connectivity index (χ0n) is 13.3. The van der Waals surface area contributed by atoms with Crippen molar-refractivity contribution in [3.05, 3.63) is 53.3 Å². The minimum absolute atomic E-state index is 0. The minimum Gasteiger partial charge on any atom is -0.338 e. The maximum Gasteiger partial charge on any atom is 0.257 e. The van der Waals surface area contributed by atoms with Crippen molar-refractivity contribution in [3.8, 4) is 0 Å². The van der Waals surface area contributed by atoms with Gasteiger partial charge in [-0.1, -0.05) is 30.3 Å². The van der Waals surface area contributed by atoms with Gasteiger partial charge in [-0.3, -0.25) is 9.48 Å². The summed E-state index contributed by atoms with van der Waals surface area (Å²) in [6, 6.07) is 10.4. The molecule has 0 atom stereocenters. The summed E-state index contributed by atoms with van der Waals surface area (Å²) in [6.45, 7) is 4.12. The number of amides is 1. The van der Waals surface area contributed by atoms with Crippen LogP contribution in [0.4, 0.5) is 0 Å². The van der Waals surface area contributed by atoms with Gasteiger partial charge in [0.25, 0.3) is 5.91 Å². The van der Waals surface area contributed by atoms with Crippen LogP contribution < -0.4 is 5.73 Å². The fraction of sp³-hybridized carbons (Fsp3) is 0.412. The Labute approximate surface area is 142 Å². The second-order valence-electron chi connectivity index (χ2n) is 5.92. The highest BCUT2D eigenvalue weighted by Crippen LogP contribution is 2.16. The first kappa shape index (κ1) is 17.5. The van der Waals surface area contributed by atoms with Crippen LogP contribution in [0.5, 0.6) is 0 Å². The number of nitrogens with two attached hydrogens (primary N) is 1. The van der Waals surface area contributed by atoms with Gasteiger partial charge >= 0.3 is 0 Å². The van der Waals surface area contributed by atoms with Gasteiger partial charge in [-0.15, -0.1) is 12.4 Å². The number of carbonyl (C=O) groups excluding carboxylic acids is 1. The molecule has 1 aliphatic rings. The summed E-state index contributed by atoms with van der Waals surface area (Å²) < 4.78 is 1.89. The monoisotopic (exact) mass is 334 g/mol. The second-order valence-corrected chi connectivity index (χ2v) is 5.92. The lowest BCUT2D eigenvalue weighted by Crippen LogP contribution is -2.42. The fourth-order valence-electron chi connectivity index (χ4n) is 2.85. The van der Waals surface area contributed by atoms with Crippen LogP contribution in [0.3, 0.4) is 0 Å². The third-order valence-electron chi connectivity index (χ3n) is 4.34. The molecule has 6 heteroatoms. The van der Waals surface area contributed by atoms with Crippen molar-refractivity contribution in [2.45, 2.75) is 32.4 Å². The quantitative estimate of drug-likeness (QED) is 0.936. The van der Waals surface area contributed by atoms with Gasteiger partial charge in [0, 0.05) is 24.8 Å². The standard InChI is InChI=1S/C17H22N4O.ClH/c1-13-16(17(22)20-9-7-15(18)8-10-20)11-19-21(13)12-14-5-3-2-4-6-14;/h2-6,11,15H,7-10,12,18H2,1H3;1H. The lowest BCUT2D eigenvalue weighted by molar-refractivity contribution is 0.0714. The van der Waals surface area contributed by atoms with Crippen molar-refractivity contribution in [3.63, 3.8) is 0 Å². The molecule has 2 aromatic rings. The molecule has 5 nitrogen and oxygen atoms in total. The number of likely N-dealkylation sites (tertiary alicyclic amines) is 1. The summed E-state index contributed by atoms with van der Waals surface area (Å²) in [5.74, 6) is 0.0729. The topological polar surface area (TPSA) is 64.2 Å². The lowest BCUT2D eigenvalue weighted by atomic mass is 10.1. The maximum absolute atomic E-state index is 12.6. The molecule has 0 bridgehead atoms. The van der Waals surface area contributed by atoms with E-state index in [1.807, 2.05) is 34.7 Å². The molecule has 1 aromatic heterocycles. The van der Waals surface area contributed by atoms with Crippen LogP contribution in [0.15, 0.2) is 36.5 Å². The number of rotatable bonds is 3. The molecule has 1 fully saturated rings. The summed E-state index contributed by atoms with van der Waals surface area (Å²) in [4.78, 5) is 14.5. The number of halogens is 1. The molecule has 2 heterocycles. The molecular formula is C17H23ClN4O. The normalized spacial score (nSPS) is 15.3. The first-order chi connectivity index (χ1) is 10.6. The molecule has 3 rings (SSSR count). The fourth-order valence-corrected chi connectivity index (χ4v) is 2.85. The van der Waals surface area contributed by atoms with E-state index >= 15 is 0 Å². The van der Waals surface area contributed by atoms with Crippen LogP contribution in [-0.4, -0.2) is 39.7 Å². The van der Waals surface area contributed by atoms with Gasteiger partial charge in [0.15, 0.2) is 0 Å². The number of hydrogen-bond donors (Lipinski definition) is 1. The van der Waals surface area contributed by atoms with Crippen LogP contribution in [-0.2, 0) is 6.54 Å². The zero-order chi connectivity index (χ0) is 15.5. The molecule has 0 spiro atoms. The van der Waals surface area contributed by atoms with Gasteiger partial charge in [-0.2, -0.15) is 5.10 Å². The summed E-state index contributed by atoms with van der Waals surface area (Å²) in [7, 11) is 0. The van der Waals surface area contributed by atoms with E-state index < -0.39 is 0 Å². The summed E-state index contributed by atoms with van der Waals surface area (Å²) >= 11 is 0. The Kier molecular flexibility index (Phi) is 5.80. The molecule has 1 aliphatic heterocycles. The van der Waals surface area contributed by atoms with Crippen LogP contribution >= 0.6 is 12.4 Å². The number of aromatic nitrogens is 2. The van der Waals surface area contributed by atoms with Crippen molar-refractivity contribution in [1.29, 1.82) is 0 Å². The molecule has 1 aromatic carbocycles. The van der Waals surface area contributed by atoms with Crippen molar-refractivity contribution in [2.24, 2.45) is 5.73 Å². The molecule has 0 radical (unpaired) electrons. The van der Waals surface area contributed by atoms with Crippen molar-refractivity contribution in [1.82, 2.24) is 14.7 Å². The van der Waals surface area contributed by atoms with Gasteiger partial charge in [-0.05, 0) is 25.3 Å². The van der Waals surface area contributed by atoms with Crippen LogP contribution in [0, 0.1) is 6.92 Å². The molecular weight excluding hydrogens is 312 g/mol. The van der Waals surface area contributed by atoms with E-state index in [1.165, 1.54) is 5.56 Å². The first-order valence-electron chi connectivity index (χ1n) is 7.76. The van der Waals surface area contributed by atoms with E-state index in [2.05, 4.69) is 17.2 Å². The largest absolute Gasteiger partial charge is 0.338 e. The molecule has 0 aliphatic carbocycles. The molecule has 23 heavy (non-hydrogen) atoms. The Bertz CT molecular complexity index is 648. The Balaban J connectivity index is 0.00000192. The van der Waals surface area contributed by atoms with E-state index in [0.717, 1.165) is 31.6 Å². The maximum atomic E-state index is 12.6. The lowest BCUT2D eigenvalue weighted by Gasteiger charge is -2.30. The number of carbonyl (C=O) groups is 1. The molecule has 0 saturated carbocycles. The number of hydrogen-bond acceptors (Lipinski definition) is 3. The first-order valence-corrected chi connectivity index (χ1v) is 7.76. The van der Waals surface area contributed by atoms with Crippen molar-refractivity contribution < 1.29 is 4.79 Å². The molecule has 1 amide bonds. The Hall–Kier alpha value is -1.85. The van der Waals surface area contributed by atoms with E-state index in [-0.39, 0.29) is 24.4 Å². The predicted octanol–water partition coefficient (Wildman–Crippen LogP) is 2.22. The molecule has 2 N–H and O–H groups in total. The third kappa shape index (κ3) is 3.92.